The predicted octanol–water partition coefficient (Wildman–Crippen LogP) is -0.660. The van der Waals surface area contributed by atoms with Gasteiger partial charge in [-0.05, 0) is 31.6 Å². The van der Waals surface area contributed by atoms with Crippen molar-refractivity contribution < 1.29 is 24.6 Å². The quantitative estimate of drug-likeness (QED) is 0.265. The Kier molecular flexibility index (Phi) is 6.52. The third-order valence-corrected chi connectivity index (χ3v) is 5.10. The maximum Gasteiger partial charge on any atom is 0.326 e. The van der Waals surface area contributed by atoms with Gasteiger partial charge in [0.15, 0.2) is 0 Å². The molecule has 0 radical (unpaired) electrons. The minimum atomic E-state index is -1.33. The first kappa shape index (κ1) is 21.8. The van der Waals surface area contributed by atoms with E-state index in [-0.39, 0.29) is 36.0 Å². The summed E-state index contributed by atoms with van der Waals surface area (Å²) in [5.74, 6) is -2.52. The molecule has 1 aliphatic rings. The smallest absolute Gasteiger partial charge is 0.326 e. The summed E-state index contributed by atoms with van der Waals surface area (Å²) in [6.45, 7) is 0.582. The Bertz CT molecular complexity index is 1050. The van der Waals surface area contributed by atoms with Gasteiger partial charge in [-0.25, -0.2) is 4.79 Å². The summed E-state index contributed by atoms with van der Waals surface area (Å²) in [5, 5.41) is 29.8. The van der Waals surface area contributed by atoms with Gasteiger partial charge in [0.05, 0.1) is 11.8 Å². The molecule has 166 valence electrons. The second-order valence-corrected chi connectivity index (χ2v) is 7.33. The summed E-state index contributed by atoms with van der Waals surface area (Å²) in [4.78, 5) is 53.1. The SMILES string of the molecule is Nc1nc2c(c(=O)[nH]1)C[C@H](CCc1cn[nH]c1C(=O)N[C@@H](CCC(=O)O)C(=O)O)CN2. The van der Waals surface area contributed by atoms with E-state index < -0.39 is 23.9 Å². The van der Waals surface area contributed by atoms with Gasteiger partial charge in [0, 0.05) is 18.5 Å². The van der Waals surface area contributed by atoms with Crippen LogP contribution in [0, 0.1) is 5.92 Å². The van der Waals surface area contributed by atoms with Gasteiger partial charge in [-0.1, -0.05) is 0 Å². The number of nitrogen functional groups attached to an aromatic ring is 1. The summed E-state index contributed by atoms with van der Waals surface area (Å²) >= 11 is 0. The fourth-order valence-corrected chi connectivity index (χ4v) is 3.47. The first-order valence-corrected chi connectivity index (χ1v) is 9.64. The van der Waals surface area contributed by atoms with Crippen LogP contribution in [-0.4, -0.2) is 60.8 Å². The first-order chi connectivity index (χ1) is 14.7. The van der Waals surface area contributed by atoms with E-state index >= 15 is 0 Å². The lowest BCUT2D eigenvalue weighted by molar-refractivity contribution is -0.140. The van der Waals surface area contributed by atoms with Crippen LogP contribution in [0.25, 0.3) is 0 Å². The lowest BCUT2D eigenvalue weighted by Gasteiger charge is -2.24. The van der Waals surface area contributed by atoms with Crippen molar-refractivity contribution in [1.82, 2.24) is 25.5 Å². The van der Waals surface area contributed by atoms with Crippen LogP contribution < -0.4 is 21.9 Å². The average Bonchev–Trinajstić information content (AvgIpc) is 3.18. The Morgan fingerprint density at radius 1 is 1.32 bits per heavy atom. The molecular formula is C18H23N7O6. The highest BCUT2D eigenvalue weighted by Crippen LogP contribution is 2.24. The van der Waals surface area contributed by atoms with Crippen LogP contribution >= 0.6 is 0 Å². The van der Waals surface area contributed by atoms with Crippen LogP contribution in [0.3, 0.4) is 0 Å². The molecule has 31 heavy (non-hydrogen) atoms. The number of carbonyl (C=O) groups excluding carboxylic acids is 1. The van der Waals surface area contributed by atoms with Crippen molar-refractivity contribution in [2.24, 2.45) is 5.92 Å². The van der Waals surface area contributed by atoms with E-state index in [9.17, 15) is 24.3 Å². The number of aromatic nitrogens is 4. The largest absolute Gasteiger partial charge is 0.481 e. The van der Waals surface area contributed by atoms with Crippen LogP contribution in [0.4, 0.5) is 11.8 Å². The Hall–Kier alpha value is -3.90. The average molecular weight is 433 g/mol. The van der Waals surface area contributed by atoms with E-state index in [4.69, 9.17) is 10.8 Å². The topological polar surface area (TPSA) is 216 Å². The number of aliphatic carboxylic acids is 2. The van der Waals surface area contributed by atoms with Gasteiger partial charge in [-0.15, -0.1) is 0 Å². The molecule has 3 rings (SSSR count). The highest BCUT2D eigenvalue weighted by atomic mass is 16.4. The number of aromatic amines is 2. The lowest BCUT2D eigenvalue weighted by atomic mass is 9.91. The molecule has 3 heterocycles. The van der Waals surface area contributed by atoms with Crippen LogP contribution in [0.5, 0.6) is 0 Å². The number of carboxylic acid groups (broad SMARTS) is 2. The van der Waals surface area contributed by atoms with Crippen molar-refractivity contribution in [2.75, 3.05) is 17.6 Å². The fraction of sp³-hybridized carbons (Fsp3) is 0.444. The standard InChI is InChI=1S/C18H23N7O6/c19-18-23-14-10(15(28)24-18)5-8(6-20-14)1-2-9-7-21-25-13(9)16(29)22-11(17(30)31)3-4-12(26)27/h7-8,11H,1-6H2,(H,21,25)(H,22,29)(H,26,27)(H,30,31)(H4,19,20,23,24,28)/t8-,11-/m0/s1. The highest BCUT2D eigenvalue weighted by Gasteiger charge is 2.26. The van der Waals surface area contributed by atoms with Crippen molar-refractivity contribution in [3.63, 3.8) is 0 Å². The minimum absolute atomic E-state index is 0.0479. The molecule has 13 nitrogen and oxygen atoms in total. The van der Waals surface area contributed by atoms with Crippen molar-refractivity contribution in [3.8, 4) is 0 Å². The van der Waals surface area contributed by atoms with Gasteiger partial charge < -0.3 is 26.6 Å². The number of carbonyl (C=O) groups is 3. The van der Waals surface area contributed by atoms with E-state index in [1.807, 2.05) is 0 Å². The number of hydrogen-bond acceptors (Lipinski definition) is 8. The monoisotopic (exact) mass is 433 g/mol. The molecule has 0 fully saturated rings. The number of hydrogen-bond donors (Lipinski definition) is 7. The molecular weight excluding hydrogens is 410 g/mol. The predicted molar refractivity (Wildman–Crippen MR) is 108 cm³/mol. The summed E-state index contributed by atoms with van der Waals surface area (Å²) in [6.07, 6.45) is 2.47. The van der Waals surface area contributed by atoms with Crippen molar-refractivity contribution in [3.05, 3.63) is 33.4 Å². The summed E-state index contributed by atoms with van der Waals surface area (Å²) in [5.41, 5.74) is 6.51. The number of nitrogens with one attached hydrogen (secondary N) is 4. The fourth-order valence-electron chi connectivity index (χ4n) is 3.47. The molecule has 2 aromatic heterocycles. The van der Waals surface area contributed by atoms with Gasteiger partial charge >= 0.3 is 11.9 Å². The second-order valence-electron chi connectivity index (χ2n) is 7.33. The summed E-state index contributed by atoms with van der Waals surface area (Å²) < 4.78 is 0. The maximum atomic E-state index is 12.5. The normalized spacial score (nSPS) is 16.1. The van der Waals surface area contributed by atoms with Crippen LogP contribution in [-0.2, 0) is 22.4 Å². The molecule has 1 amide bonds. The number of fused-ring (bicyclic) bond motifs is 1. The molecule has 0 unspecified atom stereocenters. The van der Waals surface area contributed by atoms with Crippen molar-refractivity contribution >= 4 is 29.6 Å². The number of nitrogens with two attached hydrogens (primary N) is 1. The van der Waals surface area contributed by atoms with Gasteiger partial charge in [0.1, 0.15) is 17.6 Å². The zero-order chi connectivity index (χ0) is 22.5. The van der Waals surface area contributed by atoms with Gasteiger partial charge in [-0.2, -0.15) is 10.1 Å². The first-order valence-electron chi connectivity index (χ1n) is 9.64. The van der Waals surface area contributed by atoms with Crippen LogP contribution in [0.15, 0.2) is 11.0 Å². The van der Waals surface area contributed by atoms with E-state index in [0.29, 0.717) is 42.8 Å². The van der Waals surface area contributed by atoms with Crippen LogP contribution in [0.1, 0.15) is 40.9 Å². The highest BCUT2D eigenvalue weighted by molar-refractivity contribution is 5.96. The molecule has 0 aliphatic carbocycles. The molecule has 0 saturated heterocycles. The van der Waals surface area contributed by atoms with Crippen molar-refractivity contribution in [1.29, 1.82) is 0 Å². The number of amides is 1. The number of rotatable bonds is 9. The lowest BCUT2D eigenvalue weighted by Crippen LogP contribution is -2.41. The zero-order valence-electron chi connectivity index (χ0n) is 16.5. The van der Waals surface area contributed by atoms with Gasteiger partial charge in [0.2, 0.25) is 5.95 Å². The van der Waals surface area contributed by atoms with E-state index in [2.05, 4.69) is 30.8 Å². The summed E-state index contributed by atoms with van der Waals surface area (Å²) in [7, 11) is 0. The van der Waals surface area contributed by atoms with Gasteiger partial charge in [0.25, 0.3) is 11.5 Å². The Morgan fingerprint density at radius 2 is 2.10 bits per heavy atom. The number of nitrogens with zero attached hydrogens (tertiary/aromatic N) is 2. The third-order valence-electron chi connectivity index (χ3n) is 5.10. The number of aryl methyl sites for hydroxylation is 1. The zero-order valence-corrected chi connectivity index (χ0v) is 16.5. The molecule has 0 saturated carbocycles. The van der Waals surface area contributed by atoms with Gasteiger partial charge in [-0.3, -0.25) is 24.5 Å². The van der Waals surface area contributed by atoms with E-state index in [1.54, 1.807) is 0 Å². The number of H-pyrrole nitrogens is 2. The Labute approximate surface area is 175 Å². The molecule has 2 aromatic rings. The maximum absolute atomic E-state index is 12.5. The van der Waals surface area contributed by atoms with E-state index in [1.165, 1.54) is 6.20 Å². The number of carboxylic acids is 2. The molecule has 0 aromatic carbocycles. The molecule has 0 bridgehead atoms. The Balaban J connectivity index is 1.61. The van der Waals surface area contributed by atoms with E-state index in [0.717, 1.165) is 0 Å². The molecule has 8 N–H and O–H groups in total. The molecule has 1 aliphatic heterocycles. The van der Waals surface area contributed by atoms with Crippen molar-refractivity contribution in [2.45, 2.75) is 38.1 Å². The second kappa shape index (κ2) is 9.28. The summed E-state index contributed by atoms with van der Waals surface area (Å²) in [6, 6.07) is -1.33. The van der Waals surface area contributed by atoms with Crippen LogP contribution in [0.2, 0.25) is 0 Å². The Morgan fingerprint density at radius 3 is 2.81 bits per heavy atom. The molecule has 2 atom stereocenters. The number of anilines is 2. The molecule has 0 spiro atoms. The minimum Gasteiger partial charge on any atom is -0.481 e. The third kappa shape index (κ3) is 5.38. The molecule has 13 heteroatoms.